The van der Waals surface area contributed by atoms with Crippen molar-refractivity contribution >= 4 is 72.7 Å². The van der Waals surface area contributed by atoms with Gasteiger partial charge in [-0.25, -0.2) is 0 Å². The maximum atomic E-state index is 6.94. The summed E-state index contributed by atoms with van der Waals surface area (Å²) in [5.41, 5.74) is 11.1. The van der Waals surface area contributed by atoms with Gasteiger partial charge in [-0.15, -0.1) is 22.7 Å². The molecule has 1 nitrogen and oxygen atoms in total. The van der Waals surface area contributed by atoms with Gasteiger partial charge in [0.05, 0.1) is 5.92 Å². The van der Waals surface area contributed by atoms with Crippen molar-refractivity contribution in [3.8, 4) is 37.8 Å². The molecule has 54 heavy (non-hydrogen) atoms. The lowest BCUT2D eigenvalue weighted by atomic mass is 9.76. The van der Waals surface area contributed by atoms with Crippen molar-refractivity contribution in [2.45, 2.75) is 32.8 Å². The van der Waals surface area contributed by atoms with Gasteiger partial charge >= 0.3 is 0 Å². The lowest BCUT2D eigenvalue weighted by Crippen LogP contribution is -2.20. The van der Waals surface area contributed by atoms with Crippen molar-refractivity contribution in [1.82, 2.24) is 0 Å². The van der Waals surface area contributed by atoms with E-state index in [1.165, 1.54) is 96.3 Å². The zero-order valence-electron chi connectivity index (χ0n) is 30.5. The fourth-order valence-corrected chi connectivity index (χ4v) is 10.9. The average molecular weight is 731 g/mol. The van der Waals surface area contributed by atoms with Crippen LogP contribution in [0.15, 0.2) is 146 Å². The molecule has 0 saturated carbocycles. The Morgan fingerprint density at radius 1 is 0.611 bits per heavy atom. The number of allylic oxidation sites excluding steroid dienone is 3. The highest BCUT2D eigenvalue weighted by molar-refractivity contribution is 7.16. The molecule has 1 aliphatic carbocycles. The summed E-state index contributed by atoms with van der Waals surface area (Å²) in [7, 11) is 0. The van der Waals surface area contributed by atoms with E-state index in [9.17, 15) is 0 Å². The minimum absolute atomic E-state index is 0.0485. The van der Waals surface area contributed by atoms with E-state index < -0.39 is 0 Å². The molecule has 6 aromatic carbocycles. The van der Waals surface area contributed by atoms with Crippen LogP contribution in [-0.4, -0.2) is 6.10 Å². The number of hydrogen-bond acceptors (Lipinski definition) is 3. The van der Waals surface area contributed by atoms with E-state index in [0.29, 0.717) is 0 Å². The molecule has 8 aromatic rings. The van der Waals surface area contributed by atoms with Crippen LogP contribution >= 0.6 is 22.7 Å². The van der Waals surface area contributed by atoms with Gasteiger partial charge in [0.1, 0.15) is 11.9 Å². The van der Waals surface area contributed by atoms with E-state index in [-0.39, 0.29) is 12.0 Å². The van der Waals surface area contributed by atoms with Crippen LogP contribution < -0.4 is 4.74 Å². The molecule has 2 atom stereocenters. The number of hydrogen-bond donors (Lipinski definition) is 0. The minimum atomic E-state index is -0.102. The molecule has 10 rings (SSSR count). The molecule has 3 heterocycles. The van der Waals surface area contributed by atoms with E-state index in [0.717, 1.165) is 11.3 Å². The van der Waals surface area contributed by atoms with Crippen molar-refractivity contribution in [2.75, 3.05) is 0 Å². The van der Waals surface area contributed by atoms with Gasteiger partial charge < -0.3 is 4.74 Å². The topological polar surface area (TPSA) is 9.23 Å². The molecule has 0 bridgehead atoms. The quantitative estimate of drug-likeness (QED) is 0.155. The summed E-state index contributed by atoms with van der Waals surface area (Å²) in [6.45, 7) is 10.9. The van der Waals surface area contributed by atoms with Crippen LogP contribution in [0.5, 0.6) is 5.75 Å². The highest BCUT2D eigenvalue weighted by atomic mass is 32.1. The third-order valence-electron chi connectivity index (χ3n) is 11.2. The predicted molar refractivity (Wildman–Crippen MR) is 236 cm³/mol. The van der Waals surface area contributed by atoms with E-state index in [2.05, 4.69) is 179 Å². The van der Waals surface area contributed by atoms with Crippen LogP contribution in [-0.2, 0) is 0 Å². The number of benzene rings is 6. The van der Waals surface area contributed by atoms with Gasteiger partial charge in [-0.1, -0.05) is 122 Å². The summed E-state index contributed by atoms with van der Waals surface area (Å²) in [6, 6.07) is 42.6. The van der Waals surface area contributed by atoms with Gasteiger partial charge in [-0.05, 0) is 123 Å². The number of aryl methyl sites for hydroxylation is 2. The van der Waals surface area contributed by atoms with Crippen LogP contribution in [0.3, 0.4) is 0 Å². The zero-order valence-corrected chi connectivity index (χ0v) is 32.2. The maximum absolute atomic E-state index is 6.94. The van der Waals surface area contributed by atoms with Crippen molar-refractivity contribution in [1.29, 1.82) is 0 Å². The molecule has 2 unspecified atom stereocenters. The van der Waals surface area contributed by atoms with Gasteiger partial charge in [0.15, 0.2) is 0 Å². The van der Waals surface area contributed by atoms with Crippen LogP contribution in [0.2, 0.25) is 0 Å². The number of thiophene rings is 2. The molecule has 2 aliphatic rings. The Kier molecular flexibility index (Phi) is 7.90. The second kappa shape index (κ2) is 13.0. The van der Waals surface area contributed by atoms with E-state index >= 15 is 0 Å². The molecule has 0 N–H and O–H groups in total. The van der Waals surface area contributed by atoms with Gasteiger partial charge in [0, 0.05) is 36.2 Å². The molecule has 0 saturated heterocycles. The minimum Gasteiger partial charge on any atom is -0.485 e. The Balaban J connectivity index is 1.16. The first kappa shape index (κ1) is 32.9. The number of fused-ring (bicyclic) bond motifs is 6. The van der Waals surface area contributed by atoms with Crippen LogP contribution in [0, 0.1) is 13.8 Å². The summed E-state index contributed by atoms with van der Waals surface area (Å²) < 4.78 is 6.94. The van der Waals surface area contributed by atoms with E-state index in [1.54, 1.807) is 0 Å². The molecular weight excluding hydrogens is 693 g/mol. The highest BCUT2D eigenvalue weighted by Crippen LogP contribution is 2.54. The summed E-state index contributed by atoms with van der Waals surface area (Å²) in [4.78, 5) is 5.21. The Hall–Kier alpha value is -5.74. The van der Waals surface area contributed by atoms with Crippen molar-refractivity contribution in [2.24, 2.45) is 0 Å². The lowest BCUT2D eigenvalue weighted by Gasteiger charge is -2.27. The second-order valence-corrected chi connectivity index (χ2v) is 16.9. The Morgan fingerprint density at radius 3 is 1.72 bits per heavy atom. The third-order valence-corrected chi connectivity index (χ3v) is 13.2. The molecule has 260 valence electrons. The fraction of sp³-hybridized carbons (Fsp3) is 0.0980. The normalized spacial score (nSPS) is 16.2. The van der Waals surface area contributed by atoms with Crippen molar-refractivity contribution in [3.63, 3.8) is 0 Å². The summed E-state index contributed by atoms with van der Waals surface area (Å²) in [5.74, 6) is 1.00. The van der Waals surface area contributed by atoms with Gasteiger partial charge in [0.2, 0.25) is 0 Å². The molecule has 0 amide bonds. The SMILES string of the molecule is C=Cc1c(/C=C\C)c(-c2ccc(C)s2)c2ccccc2c1C1=CC=CC2Oc3cc(-c4c5ccccc5c(-c5ccc(C)s5)c5ccccc45)ccc3C12. The first-order valence-corrected chi connectivity index (χ1v) is 20.3. The van der Waals surface area contributed by atoms with Crippen molar-refractivity contribution in [3.05, 3.63) is 178 Å². The predicted octanol–water partition coefficient (Wildman–Crippen LogP) is 15.1. The van der Waals surface area contributed by atoms with E-state index in [4.69, 9.17) is 4.74 Å². The molecule has 2 aromatic heterocycles. The first-order chi connectivity index (χ1) is 26.5. The standard InChI is InChI=1S/C51H38OS2/c1-5-14-34-33(6-2)48(37-17-9-12-20-40(37)50(34)45-27-23-30(3)53-45)42-21-13-22-43-49(42)41-26-25-32(29-44(41)52-43)47-35-15-7-10-18-38(35)51(46-28-24-31(4)54-46)39-19-11-8-16-36(39)47/h5-29,43,49H,2H2,1,3-4H3/b14-5-. The molecule has 1 aliphatic heterocycles. The van der Waals surface area contributed by atoms with Gasteiger partial charge in [0.25, 0.3) is 0 Å². The number of ether oxygens (including phenoxy) is 1. The Bertz CT molecular complexity index is 2870. The summed E-state index contributed by atoms with van der Waals surface area (Å²) in [6.07, 6.45) is 13.1. The van der Waals surface area contributed by atoms with Crippen LogP contribution in [0.4, 0.5) is 0 Å². The maximum Gasteiger partial charge on any atom is 0.128 e. The Morgan fingerprint density at radius 2 is 1.17 bits per heavy atom. The lowest BCUT2D eigenvalue weighted by molar-refractivity contribution is 0.272. The third kappa shape index (κ3) is 5.03. The molecular formula is C51H38OS2. The Labute approximate surface area is 324 Å². The average Bonchev–Trinajstić information content (AvgIpc) is 3.94. The van der Waals surface area contributed by atoms with Crippen LogP contribution in [0.25, 0.3) is 82.1 Å². The van der Waals surface area contributed by atoms with Crippen LogP contribution in [0.1, 0.15) is 44.8 Å². The molecule has 0 radical (unpaired) electrons. The van der Waals surface area contributed by atoms with Gasteiger partial charge in [-0.3, -0.25) is 0 Å². The smallest absolute Gasteiger partial charge is 0.128 e. The summed E-state index contributed by atoms with van der Waals surface area (Å²) in [5, 5.41) is 7.57. The summed E-state index contributed by atoms with van der Waals surface area (Å²) >= 11 is 3.71. The fourth-order valence-electron chi connectivity index (χ4n) is 9.00. The molecule has 3 heteroatoms. The van der Waals surface area contributed by atoms with E-state index in [1.807, 2.05) is 22.7 Å². The zero-order chi connectivity index (χ0) is 36.5. The first-order valence-electron chi connectivity index (χ1n) is 18.6. The molecule has 0 spiro atoms. The highest BCUT2D eigenvalue weighted by Gasteiger charge is 2.39. The van der Waals surface area contributed by atoms with Crippen molar-refractivity contribution < 1.29 is 4.74 Å². The number of rotatable bonds is 6. The largest absolute Gasteiger partial charge is 0.485 e. The second-order valence-electron chi connectivity index (χ2n) is 14.3. The monoisotopic (exact) mass is 730 g/mol. The molecule has 0 fully saturated rings. The van der Waals surface area contributed by atoms with Gasteiger partial charge in [-0.2, -0.15) is 0 Å².